The Bertz CT molecular complexity index is 964. The van der Waals surface area contributed by atoms with Gasteiger partial charge in [0.15, 0.2) is 0 Å². The number of benzene rings is 1. The summed E-state index contributed by atoms with van der Waals surface area (Å²) in [6, 6.07) is 11.8. The third-order valence-corrected chi connectivity index (χ3v) is 7.67. The first-order chi connectivity index (χ1) is 15.7. The molecule has 0 bridgehead atoms. The highest BCUT2D eigenvalue weighted by Crippen LogP contribution is 2.31. The zero-order valence-corrected chi connectivity index (χ0v) is 19.5. The average Bonchev–Trinajstić information content (AvgIpc) is 3.34. The Morgan fingerprint density at radius 2 is 1.94 bits per heavy atom. The number of aromatic nitrogens is 5. The van der Waals surface area contributed by atoms with Crippen LogP contribution < -0.4 is 4.74 Å². The number of thioether (sulfide) groups is 2. The van der Waals surface area contributed by atoms with Gasteiger partial charge in [0.1, 0.15) is 5.75 Å². The number of carbonyl (C=O) groups excluding carboxylic acids is 1. The Morgan fingerprint density at radius 1 is 1.19 bits per heavy atom. The van der Waals surface area contributed by atoms with Crippen LogP contribution in [-0.2, 0) is 6.42 Å². The predicted molar refractivity (Wildman–Crippen MR) is 125 cm³/mol. The Balaban J connectivity index is 1.18. The van der Waals surface area contributed by atoms with Crippen molar-refractivity contribution >= 4 is 29.6 Å². The maximum absolute atomic E-state index is 12.6. The molecule has 1 unspecified atom stereocenters. The van der Waals surface area contributed by atoms with Gasteiger partial charge in [-0.3, -0.25) is 4.98 Å². The summed E-state index contributed by atoms with van der Waals surface area (Å²) in [6.07, 6.45) is 6.18. The summed E-state index contributed by atoms with van der Waals surface area (Å²) in [6.45, 7) is 3.58. The molecule has 0 spiro atoms. The normalized spacial score (nSPS) is 15.5. The van der Waals surface area contributed by atoms with E-state index in [-0.39, 0.29) is 6.09 Å². The minimum absolute atomic E-state index is 0.275. The number of hydrogen-bond donors (Lipinski definition) is 1. The maximum Gasteiger partial charge on any atom is 0.415 e. The lowest BCUT2D eigenvalue weighted by Gasteiger charge is -2.33. The molecule has 1 N–H and O–H groups in total. The van der Waals surface area contributed by atoms with Crippen molar-refractivity contribution in [2.75, 3.05) is 18.8 Å². The predicted octanol–water partition coefficient (Wildman–Crippen LogP) is 4.32. The van der Waals surface area contributed by atoms with Crippen LogP contribution in [0.5, 0.6) is 5.75 Å². The second kappa shape index (κ2) is 11.3. The van der Waals surface area contributed by atoms with Crippen molar-refractivity contribution in [1.29, 1.82) is 0 Å². The molecule has 1 fully saturated rings. The number of H-pyrrole nitrogens is 1. The number of aryl methyl sites for hydroxylation is 1. The Kier molecular flexibility index (Phi) is 8.00. The van der Waals surface area contributed by atoms with E-state index in [1.165, 1.54) is 10.5 Å². The maximum atomic E-state index is 12.6. The van der Waals surface area contributed by atoms with Gasteiger partial charge in [-0.1, -0.05) is 30.8 Å². The van der Waals surface area contributed by atoms with Crippen LogP contribution in [0, 0.1) is 5.92 Å². The van der Waals surface area contributed by atoms with E-state index in [9.17, 15) is 4.79 Å². The van der Waals surface area contributed by atoms with Crippen LogP contribution >= 0.6 is 23.5 Å². The van der Waals surface area contributed by atoms with E-state index in [4.69, 9.17) is 4.74 Å². The minimum Gasteiger partial charge on any atom is -0.410 e. The van der Waals surface area contributed by atoms with E-state index in [1.807, 2.05) is 48.8 Å². The number of amides is 1. The first kappa shape index (κ1) is 22.6. The molecule has 1 saturated heterocycles. The van der Waals surface area contributed by atoms with Gasteiger partial charge in [0, 0.05) is 41.4 Å². The lowest BCUT2D eigenvalue weighted by atomic mass is 9.94. The molecular weight excluding hydrogens is 444 g/mol. The first-order valence-corrected chi connectivity index (χ1v) is 12.5. The van der Waals surface area contributed by atoms with Gasteiger partial charge in [0.2, 0.25) is 5.16 Å². The molecule has 3 aromatic rings. The molecule has 0 aliphatic carbocycles. The van der Waals surface area contributed by atoms with Crippen LogP contribution in [0.3, 0.4) is 0 Å². The minimum atomic E-state index is -0.275. The van der Waals surface area contributed by atoms with Gasteiger partial charge < -0.3 is 9.64 Å². The van der Waals surface area contributed by atoms with E-state index in [0.29, 0.717) is 35.2 Å². The quantitative estimate of drug-likeness (QED) is 0.486. The molecule has 0 radical (unpaired) electrons. The summed E-state index contributed by atoms with van der Waals surface area (Å²) in [7, 11) is 0. The van der Waals surface area contributed by atoms with Gasteiger partial charge in [0.25, 0.3) is 0 Å². The molecule has 0 saturated carbocycles. The molecule has 2 aromatic heterocycles. The molecule has 1 aliphatic heterocycles. The van der Waals surface area contributed by atoms with Gasteiger partial charge in [-0.15, -0.1) is 22.0 Å². The number of aromatic amines is 1. The SMILES string of the molecule is CC(Sc1nn[nH]n1)C1CCN(C(=O)Oc2ccc(CCSc3ccncc3)cc2)CC1. The highest BCUT2D eigenvalue weighted by atomic mass is 32.2. The molecule has 1 amide bonds. The highest BCUT2D eigenvalue weighted by Gasteiger charge is 2.28. The summed E-state index contributed by atoms with van der Waals surface area (Å²) in [5.74, 6) is 2.08. The van der Waals surface area contributed by atoms with E-state index in [1.54, 1.807) is 28.4 Å². The molecule has 8 nitrogen and oxygen atoms in total. The molecular formula is C22H26N6O2S2. The molecule has 3 heterocycles. The van der Waals surface area contributed by atoms with E-state index in [2.05, 4.69) is 32.5 Å². The van der Waals surface area contributed by atoms with Crippen LogP contribution in [-0.4, -0.2) is 60.7 Å². The number of ether oxygens (including phenoxy) is 1. The van der Waals surface area contributed by atoms with Crippen LogP contribution in [0.4, 0.5) is 4.79 Å². The monoisotopic (exact) mass is 470 g/mol. The van der Waals surface area contributed by atoms with Crippen LogP contribution in [0.1, 0.15) is 25.3 Å². The number of tetrazole rings is 1. The standard InChI is InChI=1S/C22H26N6O2S2/c1-16(32-21-24-26-27-25-21)18-8-13-28(14-9-18)22(29)30-19-4-2-17(3-5-19)10-15-31-20-6-11-23-12-7-20/h2-7,11-12,16,18H,8-10,13-15H2,1H3,(H,24,25,26,27). The fourth-order valence-corrected chi connectivity index (χ4v) is 5.49. The summed E-state index contributed by atoms with van der Waals surface area (Å²) in [4.78, 5) is 19.6. The lowest BCUT2D eigenvalue weighted by Crippen LogP contribution is -2.41. The molecule has 1 atom stereocenters. The lowest BCUT2D eigenvalue weighted by molar-refractivity contribution is 0.131. The fraction of sp³-hybridized carbons (Fsp3) is 0.409. The number of rotatable bonds is 8. The topological polar surface area (TPSA) is 96.9 Å². The first-order valence-electron chi connectivity index (χ1n) is 10.7. The number of carbonyl (C=O) groups is 1. The van der Waals surface area contributed by atoms with Crippen LogP contribution in [0.2, 0.25) is 0 Å². The number of likely N-dealkylation sites (tertiary alicyclic amines) is 1. The zero-order chi connectivity index (χ0) is 22.2. The van der Waals surface area contributed by atoms with Gasteiger partial charge in [-0.05, 0) is 60.2 Å². The van der Waals surface area contributed by atoms with Gasteiger partial charge >= 0.3 is 6.09 Å². The van der Waals surface area contributed by atoms with Crippen molar-refractivity contribution in [1.82, 2.24) is 30.5 Å². The number of nitrogens with zero attached hydrogens (tertiary/aromatic N) is 5. The number of pyridine rings is 1. The van der Waals surface area contributed by atoms with Crippen LogP contribution in [0.25, 0.3) is 0 Å². The largest absolute Gasteiger partial charge is 0.415 e. The summed E-state index contributed by atoms with van der Waals surface area (Å²) in [5.41, 5.74) is 1.22. The van der Waals surface area contributed by atoms with Crippen molar-refractivity contribution in [3.8, 4) is 5.75 Å². The van der Waals surface area contributed by atoms with Gasteiger partial charge in [-0.2, -0.15) is 5.21 Å². The third-order valence-electron chi connectivity index (χ3n) is 5.52. The Hall–Kier alpha value is -2.59. The van der Waals surface area contributed by atoms with Crippen molar-refractivity contribution in [3.05, 3.63) is 54.4 Å². The van der Waals surface area contributed by atoms with Crippen LogP contribution in [0.15, 0.2) is 58.8 Å². The highest BCUT2D eigenvalue weighted by molar-refractivity contribution is 7.99. The summed E-state index contributed by atoms with van der Waals surface area (Å²) < 4.78 is 5.60. The van der Waals surface area contributed by atoms with Gasteiger partial charge in [-0.25, -0.2) is 4.79 Å². The Labute approximate surface area is 195 Å². The van der Waals surface area contributed by atoms with Crippen molar-refractivity contribution in [2.45, 2.75) is 41.5 Å². The fourth-order valence-electron chi connectivity index (χ4n) is 3.63. The smallest absolute Gasteiger partial charge is 0.410 e. The number of hydrogen-bond acceptors (Lipinski definition) is 8. The second-order valence-electron chi connectivity index (χ2n) is 7.64. The molecule has 32 heavy (non-hydrogen) atoms. The molecule has 168 valence electrons. The molecule has 4 rings (SSSR count). The molecule has 10 heteroatoms. The second-order valence-corrected chi connectivity index (χ2v) is 10.1. The average molecular weight is 471 g/mol. The van der Waals surface area contributed by atoms with Crippen molar-refractivity contribution in [3.63, 3.8) is 0 Å². The number of nitrogens with one attached hydrogen (secondary N) is 1. The van der Waals surface area contributed by atoms with E-state index < -0.39 is 0 Å². The Morgan fingerprint density at radius 3 is 2.62 bits per heavy atom. The zero-order valence-electron chi connectivity index (χ0n) is 17.9. The number of piperidine rings is 1. The van der Waals surface area contributed by atoms with Gasteiger partial charge in [0.05, 0.1) is 0 Å². The summed E-state index contributed by atoms with van der Waals surface area (Å²) >= 11 is 3.43. The van der Waals surface area contributed by atoms with Crippen molar-refractivity contribution < 1.29 is 9.53 Å². The summed E-state index contributed by atoms with van der Waals surface area (Å²) in [5, 5.41) is 15.1. The van der Waals surface area contributed by atoms with E-state index in [0.717, 1.165) is 25.0 Å². The van der Waals surface area contributed by atoms with Crippen molar-refractivity contribution in [2.24, 2.45) is 5.92 Å². The molecule has 1 aromatic carbocycles. The third kappa shape index (κ3) is 6.46. The van der Waals surface area contributed by atoms with E-state index >= 15 is 0 Å². The molecule has 1 aliphatic rings.